The van der Waals surface area contributed by atoms with Gasteiger partial charge in [-0.05, 0) is 42.2 Å². The normalized spacial score (nSPS) is 13.0. The number of pyridine rings is 1. The van der Waals surface area contributed by atoms with Gasteiger partial charge in [0, 0.05) is 29.7 Å². The van der Waals surface area contributed by atoms with E-state index < -0.39 is 11.9 Å². The molecule has 0 spiro atoms. The summed E-state index contributed by atoms with van der Waals surface area (Å²) in [7, 11) is 2.04. The van der Waals surface area contributed by atoms with Gasteiger partial charge < -0.3 is 14.8 Å². The Labute approximate surface area is 191 Å². The molecule has 3 aromatic heterocycles. The summed E-state index contributed by atoms with van der Waals surface area (Å²) in [5.41, 5.74) is 3.90. The van der Waals surface area contributed by atoms with Crippen molar-refractivity contribution in [1.82, 2.24) is 19.7 Å². The van der Waals surface area contributed by atoms with Crippen LogP contribution in [0.2, 0.25) is 0 Å². The first-order chi connectivity index (χ1) is 15.8. The minimum atomic E-state index is -4.53. The van der Waals surface area contributed by atoms with Crippen molar-refractivity contribution in [1.29, 1.82) is 0 Å². The molecule has 4 rings (SSSR count). The highest BCUT2D eigenvalue weighted by Crippen LogP contribution is 2.37. The maximum atomic E-state index is 13.0. The predicted molar refractivity (Wildman–Crippen MR) is 125 cm³/mol. The number of hydrogen-bond donors (Lipinski definition) is 0. The fraction of sp³-hybridized carbons (Fsp3) is 0.385. The van der Waals surface area contributed by atoms with E-state index in [0.717, 1.165) is 35.7 Å². The van der Waals surface area contributed by atoms with E-state index in [1.54, 1.807) is 6.20 Å². The molecule has 0 fully saturated rings. The largest absolute Gasteiger partial charge is 0.573 e. The molecule has 33 heavy (non-hydrogen) atoms. The number of rotatable bonds is 8. The third-order valence-electron chi connectivity index (χ3n) is 6.37. The second-order valence-corrected chi connectivity index (χ2v) is 8.57. The van der Waals surface area contributed by atoms with Crippen molar-refractivity contribution in [2.45, 2.75) is 52.1 Å². The van der Waals surface area contributed by atoms with E-state index in [4.69, 9.17) is 0 Å². The average molecular weight is 454 g/mol. The molecule has 4 nitrogen and oxygen atoms in total. The lowest BCUT2D eigenvalue weighted by molar-refractivity contribution is -0.141. The molecule has 0 saturated carbocycles. The van der Waals surface area contributed by atoms with Gasteiger partial charge in [0.1, 0.15) is 5.69 Å². The van der Waals surface area contributed by atoms with Crippen LogP contribution in [0.5, 0.6) is 0 Å². The summed E-state index contributed by atoms with van der Waals surface area (Å²) in [5.74, 6) is 0.575. The number of benzene rings is 1. The molecule has 0 radical (unpaired) electrons. The molecule has 174 valence electrons. The van der Waals surface area contributed by atoms with Crippen LogP contribution < -0.4 is 5.10 Å². The van der Waals surface area contributed by atoms with Crippen LogP contribution >= 0.6 is 0 Å². The van der Waals surface area contributed by atoms with Gasteiger partial charge in [-0.15, -0.1) is 0 Å². The molecule has 0 aliphatic carbocycles. The topological polar surface area (TPSA) is 44.8 Å². The van der Waals surface area contributed by atoms with E-state index in [-0.39, 0.29) is 5.69 Å². The van der Waals surface area contributed by atoms with Gasteiger partial charge in [0.15, 0.2) is 0 Å². The van der Waals surface area contributed by atoms with Gasteiger partial charge in [0.2, 0.25) is 0 Å². The van der Waals surface area contributed by atoms with Gasteiger partial charge in [-0.2, -0.15) is 13.2 Å². The lowest BCUT2D eigenvalue weighted by Gasteiger charge is -2.17. The van der Waals surface area contributed by atoms with E-state index in [1.165, 1.54) is 30.2 Å². The van der Waals surface area contributed by atoms with Crippen molar-refractivity contribution < 1.29 is 13.2 Å². The summed E-state index contributed by atoms with van der Waals surface area (Å²) >= 11 is 0. The third-order valence-corrected chi connectivity index (χ3v) is 6.37. The van der Waals surface area contributed by atoms with Crippen LogP contribution in [-0.4, -0.2) is 14.6 Å². The molecule has 0 saturated heterocycles. The van der Waals surface area contributed by atoms with Gasteiger partial charge >= 0.3 is 6.18 Å². The van der Waals surface area contributed by atoms with Crippen molar-refractivity contribution in [2.75, 3.05) is 0 Å². The van der Waals surface area contributed by atoms with Crippen LogP contribution in [0.25, 0.3) is 33.5 Å². The smallest absolute Gasteiger partial charge is 0.431 e. The second kappa shape index (κ2) is 9.41. The number of hydrogen-bond acceptors (Lipinski definition) is 2. The number of unbranched alkanes of at least 4 members (excludes halogenated alkanes) is 1. The lowest BCUT2D eigenvalue weighted by atomic mass is 9.89. The number of aryl methyl sites for hydroxylation is 1. The predicted octanol–water partition coefficient (Wildman–Crippen LogP) is 7.04. The molecule has 1 atom stereocenters. The van der Waals surface area contributed by atoms with Crippen LogP contribution in [0.3, 0.4) is 0 Å². The zero-order valence-electron chi connectivity index (χ0n) is 19.2. The molecule has 0 aliphatic heterocycles. The van der Waals surface area contributed by atoms with Gasteiger partial charge in [-0.25, -0.2) is 0 Å². The zero-order valence-corrected chi connectivity index (χ0v) is 19.2. The Morgan fingerprint density at radius 2 is 1.88 bits per heavy atom. The zero-order chi connectivity index (χ0) is 23.6. The number of nitrogens with zero attached hydrogens (tertiary/aromatic N) is 4. The number of fused-ring (bicyclic) bond motifs is 1. The Kier molecular flexibility index (Phi) is 6.58. The van der Waals surface area contributed by atoms with Crippen molar-refractivity contribution in [3.05, 3.63) is 59.9 Å². The summed E-state index contributed by atoms with van der Waals surface area (Å²) in [6.45, 7) is 4.45. The van der Waals surface area contributed by atoms with Crippen molar-refractivity contribution >= 4 is 10.9 Å². The number of aromatic nitrogens is 4. The first kappa shape index (κ1) is 23.1. The van der Waals surface area contributed by atoms with E-state index in [0.29, 0.717) is 11.6 Å². The fourth-order valence-corrected chi connectivity index (χ4v) is 4.55. The first-order valence-corrected chi connectivity index (χ1v) is 11.4. The Hall–Kier alpha value is -3.09. The monoisotopic (exact) mass is 453 g/mol. The van der Waals surface area contributed by atoms with E-state index in [9.17, 15) is 13.2 Å². The maximum absolute atomic E-state index is 13.0. The molecule has 0 amide bonds. The molecule has 3 heterocycles. The molecule has 4 aromatic rings. The summed E-state index contributed by atoms with van der Waals surface area (Å²) in [6, 6.07) is 13.0. The van der Waals surface area contributed by atoms with E-state index >= 15 is 0 Å². The summed E-state index contributed by atoms with van der Waals surface area (Å²) in [5, 5.41) is 8.24. The van der Waals surface area contributed by atoms with Crippen LogP contribution in [-0.2, 0) is 19.6 Å². The number of halogens is 3. The Balaban J connectivity index is 1.80. The summed E-state index contributed by atoms with van der Waals surface area (Å²) < 4.78 is 41.2. The minimum Gasteiger partial charge on any atom is -0.573 e. The maximum Gasteiger partial charge on any atom is 0.431 e. The minimum absolute atomic E-state index is 0.124. The molecule has 1 unspecified atom stereocenters. The Morgan fingerprint density at radius 1 is 1.09 bits per heavy atom. The molecule has 1 aromatic carbocycles. The van der Waals surface area contributed by atoms with E-state index in [2.05, 4.69) is 51.8 Å². The summed E-state index contributed by atoms with van der Waals surface area (Å²) in [6.07, 6.45) is 2.72. The average Bonchev–Trinajstić information content (AvgIpc) is 3.41. The van der Waals surface area contributed by atoms with Crippen LogP contribution in [0.1, 0.15) is 50.8 Å². The number of para-hydroxylation sites is 1. The van der Waals surface area contributed by atoms with Gasteiger partial charge in [-0.1, -0.05) is 63.4 Å². The molecular formula is C26H28F3N4-. The molecule has 7 heteroatoms. The summed E-state index contributed by atoms with van der Waals surface area (Å²) in [4.78, 5) is 4.28. The number of alkyl halides is 3. The fourth-order valence-electron chi connectivity index (χ4n) is 4.55. The molecule has 0 aliphatic rings. The Morgan fingerprint density at radius 3 is 2.58 bits per heavy atom. The van der Waals surface area contributed by atoms with Crippen molar-refractivity contribution in [3.8, 4) is 22.6 Å². The molecule has 0 bridgehead atoms. The highest BCUT2D eigenvalue weighted by atomic mass is 19.4. The van der Waals surface area contributed by atoms with Crippen molar-refractivity contribution in [2.24, 2.45) is 13.0 Å². The standard InChI is InChI=1S/C26H28F3N4/c1-4-6-9-17(5-2)14-20-19-10-7-8-11-23(19)33(3)25(20)18-12-13-30-21(15-18)22-16-24(32-31-22)26(27,28)29/h7-8,10-13,15-17H,4-6,9,14H2,1-3H3/q-1. The SMILES string of the molecule is CCCCC(CC)Cc1c(-c2ccnc(-c3cc(C(F)(F)F)n[n-]3)c2)n(C)c2ccccc12. The highest BCUT2D eigenvalue weighted by Gasteiger charge is 2.31. The van der Waals surface area contributed by atoms with Gasteiger partial charge in [-0.3, -0.25) is 4.98 Å². The Bertz CT molecular complexity index is 1240. The van der Waals surface area contributed by atoms with Crippen LogP contribution in [0.15, 0.2) is 48.7 Å². The van der Waals surface area contributed by atoms with Crippen molar-refractivity contribution in [3.63, 3.8) is 0 Å². The van der Waals surface area contributed by atoms with Crippen LogP contribution in [0, 0.1) is 5.92 Å². The van der Waals surface area contributed by atoms with Gasteiger partial charge in [0.05, 0.1) is 11.4 Å². The molecular weight excluding hydrogens is 425 g/mol. The lowest BCUT2D eigenvalue weighted by Crippen LogP contribution is -2.05. The van der Waals surface area contributed by atoms with Crippen LogP contribution in [0.4, 0.5) is 13.2 Å². The van der Waals surface area contributed by atoms with Gasteiger partial charge in [0.25, 0.3) is 0 Å². The molecule has 0 N–H and O–H groups in total. The first-order valence-electron chi connectivity index (χ1n) is 11.4. The highest BCUT2D eigenvalue weighted by molar-refractivity contribution is 5.92. The van der Waals surface area contributed by atoms with E-state index in [1.807, 2.05) is 25.2 Å². The quantitative estimate of drug-likeness (QED) is 0.287. The third kappa shape index (κ3) is 4.68. The second-order valence-electron chi connectivity index (χ2n) is 8.57.